The quantitative estimate of drug-likeness (QED) is 0.833. The maximum absolute atomic E-state index is 12.0. The zero-order chi connectivity index (χ0) is 17.6. The van der Waals surface area contributed by atoms with Crippen molar-refractivity contribution < 1.29 is 23.8 Å². The van der Waals surface area contributed by atoms with Gasteiger partial charge in [-0.1, -0.05) is 24.3 Å². The second-order valence-corrected chi connectivity index (χ2v) is 5.34. The van der Waals surface area contributed by atoms with Crippen LogP contribution in [0.4, 0.5) is 5.69 Å². The number of anilines is 1. The summed E-state index contributed by atoms with van der Waals surface area (Å²) >= 11 is 0. The van der Waals surface area contributed by atoms with E-state index in [2.05, 4.69) is 10.6 Å². The van der Waals surface area contributed by atoms with Crippen LogP contribution >= 0.6 is 0 Å². The summed E-state index contributed by atoms with van der Waals surface area (Å²) in [6.45, 7) is -0.139. The Labute approximate surface area is 144 Å². The molecule has 0 bridgehead atoms. The second-order valence-electron chi connectivity index (χ2n) is 5.34. The van der Waals surface area contributed by atoms with Gasteiger partial charge in [-0.3, -0.25) is 9.59 Å². The molecule has 1 heterocycles. The minimum atomic E-state index is -0.787. The summed E-state index contributed by atoms with van der Waals surface area (Å²) in [6.07, 6.45) is -0.787. The number of carbonyl (C=O) groups is 2. The standard InChI is InChI=1S/C18H18N2O5/c1-23-14-8-4-5-9-15(14)24-11-17(21)19-10-16-18(22)20-12-6-2-3-7-13(12)25-16/h2-9,16H,10-11H2,1H3,(H,19,21)(H,20,22). The minimum Gasteiger partial charge on any atom is -0.493 e. The molecule has 130 valence electrons. The molecule has 1 aliphatic heterocycles. The van der Waals surface area contributed by atoms with Crippen molar-refractivity contribution in [2.45, 2.75) is 6.10 Å². The number of hydrogen-bond donors (Lipinski definition) is 2. The number of para-hydroxylation sites is 4. The highest BCUT2D eigenvalue weighted by molar-refractivity contribution is 5.98. The van der Waals surface area contributed by atoms with Crippen LogP contribution in [0, 0.1) is 0 Å². The first-order chi connectivity index (χ1) is 12.2. The lowest BCUT2D eigenvalue weighted by atomic mass is 10.2. The fraction of sp³-hybridized carbons (Fsp3) is 0.222. The molecule has 1 unspecified atom stereocenters. The lowest BCUT2D eigenvalue weighted by molar-refractivity contribution is -0.126. The van der Waals surface area contributed by atoms with Crippen molar-refractivity contribution in [3.8, 4) is 17.2 Å². The van der Waals surface area contributed by atoms with E-state index in [1.54, 1.807) is 36.4 Å². The van der Waals surface area contributed by atoms with Gasteiger partial charge in [0.05, 0.1) is 19.3 Å². The molecule has 0 saturated heterocycles. The predicted molar refractivity (Wildman–Crippen MR) is 91.0 cm³/mol. The molecule has 7 nitrogen and oxygen atoms in total. The van der Waals surface area contributed by atoms with Crippen molar-refractivity contribution in [3.05, 3.63) is 48.5 Å². The Morgan fingerprint density at radius 2 is 1.88 bits per heavy atom. The number of methoxy groups -OCH3 is 1. The highest BCUT2D eigenvalue weighted by atomic mass is 16.5. The van der Waals surface area contributed by atoms with Crippen molar-refractivity contribution in [2.24, 2.45) is 0 Å². The molecule has 0 aliphatic carbocycles. The second kappa shape index (κ2) is 7.57. The van der Waals surface area contributed by atoms with E-state index in [1.807, 2.05) is 12.1 Å². The Morgan fingerprint density at radius 1 is 1.16 bits per heavy atom. The van der Waals surface area contributed by atoms with Crippen LogP contribution in [-0.4, -0.2) is 38.2 Å². The third kappa shape index (κ3) is 4.00. The van der Waals surface area contributed by atoms with Crippen LogP contribution in [0.25, 0.3) is 0 Å². The Balaban J connectivity index is 1.50. The molecule has 1 atom stereocenters. The summed E-state index contributed by atoms with van der Waals surface area (Å²) in [5, 5.41) is 5.37. The fourth-order valence-electron chi connectivity index (χ4n) is 2.37. The van der Waals surface area contributed by atoms with Crippen LogP contribution < -0.4 is 24.8 Å². The number of ether oxygens (including phenoxy) is 3. The molecular weight excluding hydrogens is 324 g/mol. The van der Waals surface area contributed by atoms with Gasteiger partial charge >= 0.3 is 0 Å². The lowest BCUT2D eigenvalue weighted by Crippen LogP contribution is -2.46. The first kappa shape index (κ1) is 16.6. The van der Waals surface area contributed by atoms with E-state index in [9.17, 15) is 9.59 Å². The van der Waals surface area contributed by atoms with E-state index in [1.165, 1.54) is 7.11 Å². The van der Waals surface area contributed by atoms with Crippen LogP contribution in [0.3, 0.4) is 0 Å². The number of rotatable bonds is 6. The van der Waals surface area contributed by atoms with E-state index < -0.39 is 6.10 Å². The molecule has 1 aliphatic rings. The molecule has 0 aromatic heterocycles. The largest absolute Gasteiger partial charge is 0.493 e. The average molecular weight is 342 g/mol. The van der Waals surface area contributed by atoms with Crippen LogP contribution in [0.5, 0.6) is 17.2 Å². The smallest absolute Gasteiger partial charge is 0.267 e. The Bertz CT molecular complexity index is 778. The number of carbonyl (C=O) groups excluding carboxylic acids is 2. The highest BCUT2D eigenvalue weighted by Gasteiger charge is 2.27. The molecule has 2 N–H and O–H groups in total. The normalized spacial score (nSPS) is 15.4. The molecule has 2 amide bonds. The number of hydrogen-bond acceptors (Lipinski definition) is 5. The summed E-state index contributed by atoms with van der Waals surface area (Å²) in [7, 11) is 1.53. The predicted octanol–water partition coefficient (Wildman–Crippen LogP) is 1.59. The molecule has 2 aromatic rings. The first-order valence-electron chi connectivity index (χ1n) is 7.76. The zero-order valence-corrected chi connectivity index (χ0v) is 13.7. The third-order valence-corrected chi connectivity index (χ3v) is 3.62. The topological polar surface area (TPSA) is 85.9 Å². The van der Waals surface area contributed by atoms with Gasteiger partial charge in [0.15, 0.2) is 24.2 Å². The van der Waals surface area contributed by atoms with Gasteiger partial charge in [0.1, 0.15) is 5.75 Å². The van der Waals surface area contributed by atoms with Gasteiger partial charge in [0.25, 0.3) is 11.8 Å². The molecule has 7 heteroatoms. The molecule has 0 radical (unpaired) electrons. The van der Waals surface area contributed by atoms with Crippen LogP contribution in [0.2, 0.25) is 0 Å². The van der Waals surface area contributed by atoms with Crippen molar-refractivity contribution in [2.75, 3.05) is 25.6 Å². The van der Waals surface area contributed by atoms with Crippen molar-refractivity contribution >= 4 is 17.5 Å². The van der Waals surface area contributed by atoms with Gasteiger partial charge < -0.3 is 24.8 Å². The summed E-state index contributed by atoms with van der Waals surface area (Å²) in [5.74, 6) is 0.931. The van der Waals surface area contributed by atoms with Gasteiger partial charge in [-0.05, 0) is 24.3 Å². The summed E-state index contributed by atoms with van der Waals surface area (Å²) < 4.78 is 16.2. The van der Waals surface area contributed by atoms with Gasteiger partial charge in [-0.25, -0.2) is 0 Å². The van der Waals surface area contributed by atoms with Crippen molar-refractivity contribution in [1.82, 2.24) is 5.32 Å². The number of fused-ring (bicyclic) bond motifs is 1. The molecule has 3 rings (SSSR count). The van der Waals surface area contributed by atoms with Gasteiger partial charge in [0, 0.05) is 0 Å². The van der Waals surface area contributed by atoms with E-state index in [0.717, 1.165) is 0 Å². The fourth-order valence-corrected chi connectivity index (χ4v) is 2.37. The molecule has 25 heavy (non-hydrogen) atoms. The van der Waals surface area contributed by atoms with E-state index in [0.29, 0.717) is 22.9 Å². The monoisotopic (exact) mass is 342 g/mol. The molecule has 2 aromatic carbocycles. The Morgan fingerprint density at radius 3 is 2.68 bits per heavy atom. The summed E-state index contributed by atoms with van der Waals surface area (Å²) in [5.41, 5.74) is 0.620. The lowest BCUT2D eigenvalue weighted by Gasteiger charge is -2.25. The highest BCUT2D eigenvalue weighted by Crippen LogP contribution is 2.28. The minimum absolute atomic E-state index is 0.0499. The Hall–Kier alpha value is -3.22. The number of benzene rings is 2. The summed E-state index contributed by atoms with van der Waals surface area (Å²) in [4.78, 5) is 23.9. The van der Waals surface area contributed by atoms with E-state index >= 15 is 0 Å². The molecule has 0 fully saturated rings. The number of nitrogens with one attached hydrogen (secondary N) is 2. The SMILES string of the molecule is COc1ccccc1OCC(=O)NCC1Oc2ccccc2NC1=O. The third-order valence-electron chi connectivity index (χ3n) is 3.62. The molecular formula is C18H18N2O5. The van der Waals surface area contributed by atoms with Crippen LogP contribution in [0.15, 0.2) is 48.5 Å². The van der Waals surface area contributed by atoms with Crippen LogP contribution in [-0.2, 0) is 9.59 Å². The van der Waals surface area contributed by atoms with E-state index in [-0.39, 0.29) is 25.0 Å². The van der Waals surface area contributed by atoms with Crippen molar-refractivity contribution in [3.63, 3.8) is 0 Å². The van der Waals surface area contributed by atoms with Gasteiger partial charge in [-0.15, -0.1) is 0 Å². The molecule has 0 saturated carbocycles. The van der Waals surface area contributed by atoms with Crippen molar-refractivity contribution in [1.29, 1.82) is 0 Å². The van der Waals surface area contributed by atoms with Crippen LogP contribution in [0.1, 0.15) is 0 Å². The Kier molecular flexibility index (Phi) is 5.03. The van der Waals surface area contributed by atoms with Gasteiger partial charge in [-0.2, -0.15) is 0 Å². The number of amides is 2. The van der Waals surface area contributed by atoms with E-state index in [4.69, 9.17) is 14.2 Å². The maximum atomic E-state index is 12.0. The van der Waals surface area contributed by atoms with Gasteiger partial charge in [0.2, 0.25) is 0 Å². The molecule has 0 spiro atoms. The zero-order valence-electron chi connectivity index (χ0n) is 13.7. The average Bonchev–Trinajstić information content (AvgIpc) is 2.64. The maximum Gasteiger partial charge on any atom is 0.267 e. The first-order valence-corrected chi connectivity index (χ1v) is 7.76. The summed E-state index contributed by atoms with van der Waals surface area (Å²) in [6, 6.07) is 14.2.